The fourth-order valence-corrected chi connectivity index (χ4v) is 4.90. The van der Waals surface area contributed by atoms with Crippen molar-refractivity contribution in [1.29, 1.82) is 0 Å². The summed E-state index contributed by atoms with van der Waals surface area (Å²) in [6.07, 6.45) is 5.41. The summed E-state index contributed by atoms with van der Waals surface area (Å²) in [7, 11) is 1.65. The van der Waals surface area contributed by atoms with E-state index >= 15 is 0 Å². The molecular formula is C30H33N7O2. The maximum atomic E-state index is 13.9. The Hall–Kier alpha value is -4.53. The molecule has 0 aliphatic heterocycles. The van der Waals surface area contributed by atoms with Crippen LogP contribution in [0.2, 0.25) is 0 Å². The number of H-pyrrole nitrogens is 1. The average molecular weight is 524 g/mol. The summed E-state index contributed by atoms with van der Waals surface area (Å²) in [6.45, 7) is 9.03. The number of para-hydroxylation sites is 1. The van der Waals surface area contributed by atoms with Gasteiger partial charge in [-0.2, -0.15) is 5.21 Å². The summed E-state index contributed by atoms with van der Waals surface area (Å²) in [6, 6.07) is 18.0. The van der Waals surface area contributed by atoms with Crippen LogP contribution >= 0.6 is 0 Å². The van der Waals surface area contributed by atoms with E-state index in [1.54, 1.807) is 17.9 Å². The zero-order valence-corrected chi connectivity index (χ0v) is 23.0. The predicted octanol–water partition coefficient (Wildman–Crippen LogP) is 5.19. The van der Waals surface area contributed by atoms with Crippen molar-refractivity contribution >= 4 is 0 Å². The number of imidazole rings is 1. The number of methoxy groups -OCH3 is 1. The molecule has 0 unspecified atom stereocenters. The highest BCUT2D eigenvalue weighted by Crippen LogP contribution is 2.34. The fraction of sp³-hybridized carbons (Fsp3) is 0.300. The van der Waals surface area contributed by atoms with Gasteiger partial charge in [-0.05, 0) is 45.9 Å². The summed E-state index contributed by atoms with van der Waals surface area (Å²) in [5.74, 6) is 1.13. The lowest BCUT2D eigenvalue weighted by molar-refractivity contribution is 0.410. The Labute approximate surface area is 227 Å². The molecule has 0 saturated heterocycles. The normalized spacial score (nSPS) is 11.6. The molecule has 3 aromatic heterocycles. The van der Waals surface area contributed by atoms with Crippen molar-refractivity contribution in [2.75, 3.05) is 7.11 Å². The van der Waals surface area contributed by atoms with Crippen molar-refractivity contribution in [1.82, 2.24) is 34.7 Å². The summed E-state index contributed by atoms with van der Waals surface area (Å²) in [5, 5.41) is 14.3. The number of benzene rings is 2. The number of tetrazole rings is 1. The van der Waals surface area contributed by atoms with Gasteiger partial charge < -0.3 is 4.74 Å². The van der Waals surface area contributed by atoms with Crippen molar-refractivity contribution in [2.24, 2.45) is 0 Å². The van der Waals surface area contributed by atoms with E-state index < -0.39 is 0 Å². The molecule has 39 heavy (non-hydrogen) atoms. The highest BCUT2D eigenvalue weighted by Gasteiger charge is 2.24. The van der Waals surface area contributed by atoms with Gasteiger partial charge in [-0.1, -0.05) is 76.6 Å². The first kappa shape index (κ1) is 26.1. The molecule has 0 bridgehead atoms. The monoisotopic (exact) mass is 523 g/mol. The van der Waals surface area contributed by atoms with Crippen LogP contribution in [0.1, 0.15) is 50.9 Å². The van der Waals surface area contributed by atoms with E-state index in [1.165, 1.54) is 0 Å². The van der Waals surface area contributed by atoms with E-state index in [0.717, 1.165) is 46.5 Å². The predicted molar refractivity (Wildman–Crippen MR) is 151 cm³/mol. The lowest BCUT2D eigenvalue weighted by Gasteiger charge is -2.24. The second-order valence-corrected chi connectivity index (χ2v) is 10.5. The molecule has 200 valence electrons. The molecule has 0 amide bonds. The number of aromatic amines is 1. The number of hydrogen-bond donors (Lipinski definition) is 1. The van der Waals surface area contributed by atoms with E-state index in [2.05, 4.69) is 59.4 Å². The summed E-state index contributed by atoms with van der Waals surface area (Å²) in [4.78, 5) is 18.4. The van der Waals surface area contributed by atoms with Gasteiger partial charge in [-0.15, -0.1) is 10.2 Å². The third-order valence-corrected chi connectivity index (χ3v) is 6.81. The zero-order valence-electron chi connectivity index (χ0n) is 23.0. The molecule has 2 aromatic carbocycles. The van der Waals surface area contributed by atoms with Crippen molar-refractivity contribution in [3.8, 4) is 34.1 Å². The topological polar surface area (TPSA) is 104 Å². The molecule has 0 spiro atoms. The lowest BCUT2D eigenvalue weighted by Crippen LogP contribution is -2.27. The van der Waals surface area contributed by atoms with Gasteiger partial charge >= 0.3 is 5.69 Å². The molecule has 0 atom stereocenters. The molecule has 1 N–H and O–H groups in total. The molecule has 3 heterocycles. The van der Waals surface area contributed by atoms with Crippen molar-refractivity contribution in [3.05, 3.63) is 94.3 Å². The van der Waals surface area contributed by atoms with E-state index in [9.17, 15) is 4.79 Å². The fourth-order valence-electron chi connectivity index (χ4n) is 4.90. The Morgan fingerprint density at radius 3 is 2.49 bits per heavy atom. The maximum absolute atomic E-state index is 13.9. The molecule has 0 radical (unpaired) electrons. The Bertz CT molecular complexity index is 1630. The number of aryl methyl sites for hydroxylation is 1. The third-order valence-electron chi connectivity index (χ3n) is 6.81. The molecule has 0 aliphatic carbocycles. The molecule has 5 rings (SSSR count). The van der Waals surface area contributed by atoms with Gasteiger partial charge in [0.25, 0.3) is 0 Å². The standard InChI is InChI=1S/C30H33N7O2/c1-6-9-22-19-37(27-24(30(2,3)4)11-7-12-25(27)39-5)29(38)36(22)18-20-13-15-21(16-14-20)23-10-8-17-31-26(23)28-32-34-35-33-28/h7-8,10-17,19H,6,9,18H2,1-5H3,(H,32,33,34,35). The molecule has 0 fully saturated rings. The van der Waals surface area contributed by atoms with E-state index in [-0.39, 0.29) is 11.1 Å². The van der Waals surface area contributed by atoms with Crippen LogP contribution in [0.15, 0.2) is 71.8 Å². The Kier molecular flexibility index (Phi) is 7.15. The van der Waals surface area contributed by atoms with Crippen molar-refractivity contribution < 1.29 is 4.74 Å². The molecule has 0 aliphatic rings. The van der Waals surface area contributed by atoms with Gasteiger partial charge in [0.2, 0.25) is 5.82 Å². The zero-order chi connectivity index (χ0) is 27.6. The maximum Gasteiger partial charge on any atom is 0.333 e. The highest BCUT2D eigenvalue weighted by atomic mass is 16.5. The first-order chi connectivity index (χ1) is 18.8. The quantitative estimate of drug-likeness (QED) is 0.300. The van der Waals surface area contributed by atoms with E-state index in [0.29, 0.717) is 23.8 Å². The van der Waals surface area contributed by atoms with Crippen LogP contribution in [0.25, 0.3) is 28.3 Å². The van der Waals surface area contributed by atoms with Gasteiger partial charge in [0.05, 0.1) is 19.3 Å². The Balaban J connectivity index is 1.53. The average Bonchev–Trinajstić information content (AvgIpc) is 3.58. The molecule has 0 saturated carbocycles. The largest absolute Gasteiger partial charge is 0.495 e. The Morgan fingerprint density at radius 1 is 1.03 bits per heavy atom. The lowest BCUT2D eigenvalue weighted by atomic mass is 9.85. The van der Waals surface area contributed by atoms with Gasteiger partial charge in [0.15, 0.2) is 0 Å². The van der Waals surface area contributed by atoms with Crippen molar-refractivity contribution in [3.63, 3.8) is 0 Å². The Morgan fingerprint density at radius 2 is 1.82 bits per heavy atom. The number of rotatable bonds is 8. The molecular weight excluding hydrogens is 490 g/mol. The number of aromatic nitrogens is 7. The molecule has 9 heteroatoms. The molecule has 9 nitrogen and oxygen atoms in total. The molecule has 5 aromatic rings. The first-order valence-corrected chi connectivity index (χ1v) is 13.1. The third kappa shape index (κ3) is 5.12. The minimum absolute atomic E-state index is 0.0795. The second-order valence-electron chi connectivity index (χ2n) is 10.5. The van der Waals surface area contributed by atoms with Gasteiger partial charge in [-0.25, -0.2) is 4.79 Å². The number of nitrogens with zero attached hydrogens (tertiary/aromatic N) is 6. The summed E-state index contributed by atoms with van der Waals surface area (Å²) >= 11 is 0. The first-order valence-electron chi connectivity index (χ1n) is 13.1. The highest BCUT2D eigenvalue weighted by molar-refractivity contribution is 5.77. The van der Waals surface area contributed by atoms with E-state index in [1.807, 2.05) is 59.3 Å². The summed E-state index contributed by atoms with van der Waals surface area (Å²) < 4.78 is 9.34. The number of pyridine rings is 1. The van der Waals surface area contributed by atoms with Crippen LogP contribution in [0, 0.1) is 0 Å². The van der Waals surface area contributed by atoms with Crippen molar-refractivity contribution in [2.45, 2.75) is 52.5 Å². The minimum Gasteiger partial charge on any atom is -0.495 e. The van der Waals surface area contributed by atoms with Crippen LogP contribution in [0.4, 0.5) is 0 Å². The minimum atomic E-state index is -0.168. The van der Waals surface area contributed by atoms with E-state index in [4.69, 9.17) is 4.74 Å². The number of ether oxygens (including phenoxy) is 1. The SMILES string of the molecule is CCCc1cn(-c2c(OC)cccc2C(C)(C)C)c(=O)n1Cc1ccc(-c2cccnc2-c2nn[nH]n2)cc1. The summed E-state index contributed by atoms with van der Waals surface area (Å²) in [5.41, 5.74) is 6.17. The van der Waals surface area contributed by atoms with Crippen LogP contribution in [-0.2, 0) is 18.4 Å². The van der Waals surface area contributed by atoms with Crippen LogP contribution in [-0.4, -0.2) is 41.9 Å². The van der Waals surface area contributed by atoms with Gasteiger partial charge in [-0.3, -0.25) is 14.1 Å². The second kappa shape index (κ2) is 10.7. The van der Waals surface area contributed by atoms with Crippen LogP contribution in [0.5, 0.6) is 5.75 Å². The van der Waals surface area contributed by atoms with Gasteiger partial charge in [0.1, 0.15) is 11.4 Å². The smallest absolute Gasteiger partial charge is 0.333 e. The van der Waals surface area contributed by atoms with Crippen LogP contribution < -0.4 is 10.4 Å². The van der Waals surface area contributed by atoms with Crippen LogP contribution in [0.3, 0.4) is 0 Å². The number of nitrogens with one attached hydrogen (secondary N) is 1. The number of hydrogen-bond acceptors (Lipinski definition) is 6. The van der Waals surface area contributed by atoms with Gasteiger partial charge in [0, 0.05) is 23.7 Å².